The molecule has 4 aliphatic carbocycles. The van der Waals surface area contributed by atoms with Crippen LogP contribution in [0.5, 0.6) is 0 Å². The van der Waals surface area contributed by atoms with Gasteiger partial charge in [0.2, 0.25) is 5.91 Å². The Morgan fingerprint density at radius 2 is 1.48 bits per heavy atom. The molecule has 166 valence electrons. The summed E-state index contributed by atoms with van der Waals surface area (Å²) in [6, 6.07) is 5.67. The molecule has 2 amide bonds. The van der Waals surface area contributed by atoms with Crippen LogP contribution in [-0.4, -0.2) is 59.4 Å². The number of aryl methyl sites for hydroxylation is 2. The van der Waals surface area contributed by atoms with Crippen LogP contribution in [-0.2, 0) is 9.59 Å². The van der Waals surface area contributed by atoms with Crippen molar-refractivity contribution < 1.29 is 9.59 Å². The van der Waals surface area contributed by atoms with E-state index in [0.29, 0.717) is 12.0 Å². The Morgan fingerprint density at radius 3 is 2.06 bits per heavy atom. The highest BCUT2D eigenvalue weighted by molar-refractivity contribution is 6.22. The minimum atomic E-state index is -0.285. The molecule has 1 atom stereocenters. The predicted molar refractivity (Wildman–Crippen MR) is 121 cm³/mol. The predicted octanol–water partition coefficient (Wildman–Crippen LogP) is 3.52. The maximum absolute atomic E-state index is 13.3. The number of imide groups is 1. The number of nitrogens with zero attached hydrogens (tertiary/aromatic N) is 3. The van der Waals surface area contributed by atoms with E-state index in [1.165, 1.54) is 43.4 Å². The molecule has 0 aromatic heterocycles. The highest BCUT2D eigenvalue weighted by Gasteiger charge is 2.54. The summed E-state index contributed by atoms with van der Waals surface area (Å²) in [5.41, 5.74) is 3.35. The summed E-state index contributed by atoms with van der Waals surface area (Å²) in [7, 11) is 0. The summed E-state index contributed by atoms with van der Waals surface area (Å²) in [6.07, 6.45) is 8.97. The number of anilines is 1. The van der Waals surface area contributed by atoms with Crippen molar-refractivity contribution in [3.05, 3.63) is 29.3 Å². The fourth-order valence-corrected chi connectivity index (χ4v) is 8.17. The van der Waals surface area contributed by atoms with Gasteiger partial charge in [0.1, 0.15) is 0 Å². The van der Waals surface area contributed by atoms with Gasteiger partial charge in [-0.15, -0.1) is 0 Å². The topological polar surface area (TPSA) is 43.9 Å². The number of amides is 2. The van der Waals surface area contributed by atoms with Gasteiger partial charge in [0.25, 0.3) is 5.91 Å². The zero-order valence-corrected chi connectivity index (χ0v) is 19.0. The molecule has 7 rings (SSSR count). The minimum absolute atomic E-state index is 0.0276. The number of carbonyl (C=O) groups excluding carboxylic acids is 2. The van der Waals surface area contributed by atoms with Crippen molar-refractivity contribution in [2.24, 2.45) is 17.8 Å². The summed E-state index contributed by atoms with van der Waals surface area (Å²) in [4.78, 5) is 32.7. The zero-order chi connectivity index (χ0) is 21.3. The van der Waals surface area contributed by atoms with E-state index in [0.717, 1.165) is 60.7 Å². The Balaban J connectivity index is 1.14. The Kier molecular flexibility index (Phi) is 4.59. The fraction of sp³-hybridized carbons (Fsp3) is 0.692. The van der Waals surface area contributed by atoms with Crippen molar-refractivity contribution in [3.63, 3.8) is 0 Å². The summed E-state index contributed by atoms with van der Waals surface area (Å²) < 4.78 is 0. The molecule has 2 aliphatic heterocycles. The van der Waals surface area contributed by atoms with Crippen LogP contribution in [0.15, 0.2) is 18.2 Å². The molecule has 0 radical (unpaired) electrons. The Labute approximate surface area is 185 Å². The molecule has 5 heteroatoms. The number of hydrogen-bond donors (Lipinski definition) is 0. The molecule has 0 spiro atoms. The number of carbonyl (C=O) groups is 2. The molecule has 6 fully saturated rings. The Hall–Kier alpha value is -1.72. The van der Waals surface area contributed by atoms with Gasteiger partial charge >= 0.3 is 0 Å². The van der Waals surface area contributed by atoms with E-state index in [-0.39, 0.29) is 17.9 Å². The first-order chi connectivity index (χ1) is 14.9. The first-order valence-electron chi connectivity index (χ1n) is 12.3. The molecule has 6 aliphatic rings. The van der Waals surface area contributed by atoms with Crippen LogP contribution in [0.4, 0.5) is 5.69 Å². The van der Waals surface area contributed by atoms with Gasteiger partial charge in [-0.05, 0) is 81.8 Å². The number of rotatable bonds is 3. The van der Waals surface area contributed by atoms with Gasteiger partial charge in [0.05, 0.1) is 18.2 Å². The summed E-state index contributed by atoms with van der Waals surface area (Å²) in [6.45, 7) is 7.94. The second-order valence-electron chi connectivity index (χ2n) is 11.2. The lowest BCUT2D eigenvalue weighted by atomic mass is 9.52. The van der Waals surface area contributed by atoms with E-state index in [4.69, 9.17) is 0 Å². The molecular weight excluding hydrogens is 386 g/mol. The number of benzene rings is 1. The SMILES string of the molecule is Cc1ccc(N2C(=O)CC(N3CCN(C45CC6CC(CC(C6)C4)C5)CC3)C2=O)c(C)c1. The van der Waals surface area contributed by atoms with Crippen molar-refractivity contribution in [3.8, 4) is 0 Å². The first-order valence-corrected chi connectivity index (χ1v) is 12.3. The van der Waals surface area contributed by atoms with Gasteiger partial charge in [-0.3, -0.25) is 19.4 Å². The fourth-order valence-electron chi connectivity index (χ4n) is 8.17. The lowest BCUT2D eigenvalue weighted by Gasteiger charge is -2.61. The van der Waals surface area contributed by atoms with Gasteiger partial charge in [0, 0.05) is 31.7 Å². The van der Waals surface area contributed by atoms with E-state index in [1.807, 2.05) is 32.0 Å². The average molecular weight is 422 g/mol. The first kappa shape index (κ1) is 19.9. The van der Waals surface area contributed by atoms with Crippen LogP contribution in [0.1, 0.15) is 56.1 Å². The van der Waals surface area contributed by atoms with Crippen LogP contribution in [0.2, 0.25) is 0 Å². The summed E-state index contributed by atoms with van der Waals surface area (Å²) >= 11 is 0. The Morgan fingerprint density at radius 1 is 0.871 bits per heavy atom. The third kappa shape index (κ3) is 3.19. The van der Waals surface area contributed by atoms with Gasteiger partial charge in [0.15, 0.2) is 0 Å². The van der Waals surface area contributed by atoms with Crippen LogP contribution in [0.25, 0.3) is 0 Å². The standard InChI is InChI=1S/C26H35N3O2/c1-17-3-4-22(18(2)9-17)29-24(30)13-23(25(29)31)27-5-7-28(8-6-27)26-14-19-10-20(15-26)12-21(11-19)16-26/h3-4,9,19-21,23H,5-8,10-16H2,1-2H3. The lowest BCUT2D eigenvalue weighted by Crippen LogP contribution is -2.64. The van der Waals surface area contributed by atoms with Crippen LogP contribution in [0.3, 0.4) is 0 Å². The van der Waals surface area contributed by atoms with Crippen LogP contribution in [0, 0.1) is 31.6 Å². The zero-order valence-electron chi connectivity index (χ0n) is 19.0. The summed E-state index contributed by atoms with van der Waals surface area (Å²) in [5, 5.41) is 0. The lowest BCUT2D eigenvalue weighted by molar-refractivity contribution is -0.125. The van der Waals surface area contributed by atoms with Crippen molar-refractivity contribution in [2.45, 2.75) is 70.4 Å². The van der Waals surface area contributed by atoms with Crippen LogP contribution >= 0.6 is 0 Å². The van der Waals surface area contributed by atoms with Crippen LogP contribution < -0.4 is 4.90 Å². The average Bonchev–Trinajstić information content (AvgIpc) is 3.01. The molecule has 5 nitrogen and oxygen atoms in total. The second kappa shape index (κ2) is 7.14. The quantitative estimate of drug-likeness (QED) is 0.701. The van der Waals surface area contributed by atoms with Gasteiger partial charge in [-0.25, -0.2) is 4.90 Å². The molecule has 1 aromatic rings. The molecule has 1 aromatic carbocycles. The molecule has 0 N–H and O–H groups in total. The van der Waals surface area contributed by atoms with Gasteiger partial charge < -0.3 is 0 Å². The molecular formula is C26H35N3O2. The Bertz CT molecular complexity index is 882. The smallest absolute Gasteiger partial charge is 0.251 e. The molecule has 4 saturated carbocycles. The number of hydrogen-bond acceptors (Lipinski definition) is 4. The van der Waals surface area contributed by atoms with E-state index in [1.54, 1.807) is 0 Å². The van der Waals surface area contributed by atoms with E-state index in [2.05, 4.69) is 9.80 Å². The summed E-state index contributed by atoms with van der Waals surface area (Å²) in [5.74, 6) is 2.81. The highest BCUT2D eigenvalue weighted by atomic mass is 16.2. The molecule has 1 unspecified atom stereocenters. The third-order valence-corrected chi connectivity index (χ3v) is 9.15. The third-order valence-electron chi connectivity index (χ3n) is 9.15. The highest BCUT2D eigenvalue weighted by Crippen LogP contribution is 2.57. The molecule has 31 heavy (non-hydrogen) atoms. The van der Waals surface area contributed by atoms with Crippen molar-refractivity contribution >= 4 is 17.5 Å². The maximum Gasteiger partial charge on any atom is 0.251 e. The monoisotopic (exact) mass is 421 g/mol. The second-order valence-corrected chi connectivity index (χ2v) is 11.2. The maximum atomic E-state index is 13.3. The van der Waals surface area contributed by atoms with E-state index < -0.39 is 0 Å². The van der Waals surface area contributed by atoms with Gasteiger partial charge in [-0.2, -0.15) is 0 Å². The largest absolute Gasteiger partial charge is 0.295 e. The minimum Gasteiger partial charge on any atom is -0.295 e. The van der Waals surface area contributed by atoms with Gasteiger partial charge in [-0.1, -0.05) is 17.7 Å². The molecule has 2 saturated heterocycles. The normalized spacial score (nSPS) is 38.5. The van der Waals surface area contributed by atoms with Crippen molar-refractivity contribution in [2.75, 3.05) is 31.1 Å². The number of piperazine rings is 1. The van der Waals surface area contributed by atoms with E-state index in [9.17, 15) is 9.59 Å². The molecule has 4 bridgehead atoms. The van der Waals surface area contributed by atoms with Crippen molar-refractivity contribution in [1.29, 1.82) is 0 Å². The van der Waals surface area contributed by atoms with E-state index >= 15 is 0 Å². The van der Waals surface area contributed by atoms with Crippen molar-refractivity contribution in [1.82, 2.24) is 9.80 Å². The molecule has 2 heterocycles.